The van der Waals surface area contributed by atoms with E-state index in [1.165, 1.54) is 33.5 Å². The average Bonchev–Trinajstić information content (AvgIpc) is 3.08. The predicted octanol–water partition coefficient (Wildman–Crippen LogP) is 6.72. The molecule has 3 heterocycles. The Hall–Kier alpha value is -3.71. The topological polar surface area (TPSA) is 12.7 Å². The van der Waals surface area contributed by atoms with Gasteiger partial charge < -0.3 is 9.25 Å². The molecule has 0 saturated heterocycles. The summed E-state index contributed by atoms with van der Waals surface area (Å²) in [5, 5.41) is 5.47. The third kappa shape index (κ3) is 2.21. The van der Waals surface area contributed by atoms with E-state index in [0.29, 0.717) is 0 Å². The maximum Gasteiger partial charge on any atom is 0.252 e. The molecule has 0 atom stereocenters. The molecule has 4 heteroatoms. The fourth-order valence-electron chi connectivity index (χ4n) is 5.30. The van der Waals surface area contributed by atoms with Gasteiger partial charge in [0, 0.05) is 36.2 Å². The van der Waals surface area contributed by atoms with Gasteiger partial charge in [0.05, 0.1) is 27.3 Å². The second-order valence-corrected chi connectivity index (χ2v) is 9.49. The van der Waals surface area contributed by atoms with Gasteiger partial charge in [0.2, 0.25) is 5.52 Å². The van der Waals surface area contributed by atoms with Crippen molar-refractivity contribution in [2.24, 2.45) is 7.05 Å². The predicted molar refractivity (Wildman–Crippen MR) is 129 cm³/mol. The molecule has 0 fully saturated rings. The summed E-state index contributed by atoms with van der Waals surface area (Å²) in [6.45, 7) is 16.0. The molecule has 3 nitrogen and oxygen atoms in total. The van der Waals surface area contributed by atoms with Crippen molar-refractivity contribution in [1.82, 2.24) is 4.40 Å². The number of aryl methyl sites for hydroxylation is 3. The van der Waals surface area contributed by atoms with Gasteiger partial charge in [-0.15, -0.1) is 0 Å². The molecule has 0 aliphatic carbocycles. The Morgan fingerprint density at radius 2 is 1.75 bits per heavy atom. The van der Waals surface area contributed by atoms with E-state index in [1.807, 2.05) is 19.9 Å². The summed E-state index contributed by atoms with van der Waals surface area (Å²) in [7, 11) is 2.08. The monoisotopic (exact) mass is 420 g/mol. The van der Waals surface area contributed by atoms with Gasteiger partial charge in [0.15, 0.2) is 6.20 Å². The van der Waals surface area contributed by atoms with Crippen LogP contribution in [0.2, 0.25) is 0 Å². The number of hydrogen-bond acceptors (Lipinski definition) is 0. The lowest BCUT2D eigenvalue weighted by atomic mass is 9.90. The van der Waals surface area contributed by atoms with Crippen LogP contribution in [0.1, 0.15) is 30.5 Å². The molecule has 0 aliphatic heterocycles. The molecule has 0 spiro atoms. The zero-order chi connectivity index (χ0) is 22.5. The molecule has 0 radical (unpaired) electrons. The van der Waals surface area contributed by atoms with Crippen molar-refractivity contribution in [3.8, 4) is 0 Å². The quantitative estimate of drug-likeness (QED) is 0.121. The summed E-state index contributed by atoms with van der Waals surface area (Å²) < 4.78 is 18.8. The van der Waals surface area contributed by atoms with E-state index in [0.717, 1.165) is 38.3 Å². The van der Waals surface area contributed by atoms with Crippen LogP contribution in [0.3, 0.4) is 0 Å². The number of pyridine rings is 2. The fourth-order valence-corrected chi connectivity index (χ4v) is 5.30. The van der Waals surface area contributed by atoms with E-state index >= 15 is 0 Å². The fraction of sp³-hybridized carbons (Fsp3) is 0.214. The number of rotatable bonds is 1. The largest absolute Gasteiger partial charge is 0.307 e. The summed E-state index contributed by atoms with van der Waals surface area (Å²) in [6, 6.07) is 13.7. The van der Waals surface area contributed by atoms with Crippen LogP contribution in [-0.4, -0.2) is 4.40 Å². The van der Waals surface area contributed by atoms with Gasteiger partial charge in [-0.05, 0) is 66.8 Å². The van der Waals surface area contributed by atoms with Crippen LogP contribution >= 0.6 is 0 Å². The molecule has 0 aliphatic rings. The molecule has 32 heavy (non-hydrogen) atoms. The lowest BCUT2D eigenvalue weighted by molar-refractivity contribution is -0.643. The molecule has 3 aromatic carbocycles. The Morgan fingerprint density at radius 1 is 0.969 bits per heavy atom. The molecule has 6 aromatic rings. The van der Waals surface area contributed by atoms with Gasteiger partial charge in [0.1, 0.15) is 12.9 Å². The Kier molecular flexibility index (Phi) is 3.54. The zero-order valence-corrected chi connectivity index (χ0v) is 18.8. The highest BCUT2D eigenvalue weighted by Crippen LogP contribution is 2.43. The summed E-state index contributed by atoms with van der Waals surface area (Å²) >= 11 is 0. The second-order valence-electron chi connectivity index (χ2n) is 9.49. The molecule has 156 valence electrons. The third-order valence-electron chi connectivity index (χ3n) is 7.21. The maximum atomic E-state index is 14.3. The van der Waals surface area contributed by atoms with Crippen LogP contribution in [0.4, 0.5) is 4.39 Å². The van der Waals surface area contributed by atoms with Gasteiger partial charge >= 0.3 is 0 Å². The van der Waals surface area contributed by atoms with Crippen LogP contribution in [0.5, 0.6) is 0 Å². The molecule has 0 unspecified atom stereocenters. The summed E-state index contributed by atoms with van der Waals surface area (Å²) in [4.78, 5) is 3.90. The second kappa shape index (κ2) is 5.95. The summed E-state index contributed by atoms with van der Waals surface area (Å²) in [6.07, 6.45) is 2.10. The van der Waals surface area contributed by atoms with Crippen LogP contribution in [0, 0.1) is 26.2 Å². The van der Waals surface area contributed by atoms with Crippen LogP contribution < -0.4 is 4.57 Å². The highest BCUT2D eigenvalue weighted by atomic mass is 19.1. The maximum absolute atomic E-state index is 14.3. The minimum atomic E-state index is -0.638. The van der Waals surface area contributed by atoms with E-state index < -0.39 is 5.54 Å². The molecule has 0 saturated carbocycles. The van der Waals surface area contributed by atoms with E-state index in [1.54, 1.807) is 6.07 Å². The first-order valence-corrected chi connectivity index (χ1v) is 10.8. The van der Waals surface area contributed by atoms with E-state index in [-0.39, 0.29) is 5.82 Å². The van der Waals surface area contributed by atoms with Gasteiger partial charge in [-0.2, -0.15) is 0 Å². The van der Waals surface area contributed by atoms with Gasteiger partial charge in [-0.3, -0.25) is 0 Å². The third-order valence-corrected chi connectivity index (χ3v) is 7.21. The molecular weight excluding hydrogens is 397 g/mol. The minimum absolute atomic E-state index is 0.230. The standard InChI is InChI=1S/C28H23FN3/c1-15-11-21-20-14-19(29)7-8-22(20)32-23-13-18(28(3,4)30-5)12-17-9-10-31(6)27(25(17)23)24(16(15)2)26(21)32/h7-14H,1-4,6H3/q+1. The number of benzene rings is 3. The molecule has 3 aromatic heterocycles. The first-order valence-electron chi connectivity index (χ1n) is 10.8. The first kappa shape index (κ1) is 19.0. The first-order chi connectivity index (χ1) is 15.2. The van der Waals surface area contributed by atoms with Crippen molar-refractivity contribution in [3.63, 3.8) is 0 Å². The van der Waals surface area contributed by atoms with E-state index in [4.69, 9.17) is 6.57 Å². The van der Waals surface area contributed by atoms with Crippen molar-refractivity contribution in [3.05, 3.63) is 82.6 Å². The Bertz CT molecular complexity index is 1800. The average molecular weight is 421 g/mol. The van der Waals surface area contributed by atoms with Crippen molar-refractivity contribution in [2.75, 3.05) is 0 Å². The van der Waals surface area contributed by atoms with Gasteiger partial charge in [-0.1, -0.05) is 0 Å². The van der Waals surface area contributed by atoms with Crippen LogP contribution in [0.15, 0.2) is 48.7 Å². The number of hydrogen-bond donors (Lipinski definition) is 0. The Morgan fingerprint density at radius 3 is 2.50 bits per heavy atom. The SMILES string of the molecule is [C-]#[N+]C(C)(C)c1cc2cc[n+](C)c3c4c(C)c(C)cc5c6cc(F)ccc6n(c(c1)c23)c54. The summed E-state index contributed by atoms with van der Waals surface area (Å²) in [5.74, 6) is -0.230. The molecule has 0 bridgehead atoms. The number of halogens is 1. The number of fused-ring (bicyclic) bond motifs is 5. The van der Waals surface area contributed by atoms with Crippen LogP contribution in [0.25, 0.3) is 53.8 Å². The minimum Gasteiger partial charge on any atom is -0.307 e. The lowest BCUT2D eigenvalue weighted by Gasteiger charge is -2.17. The number of nitrogens with zero attached hydrogens (tertiary/aromatic N) is 3. The van der Waals surface area contributed by atoms with E-state index in [9.17, 15) is 4.39 Å². The van der Waals surface area contributed by atoms with Gasteiger partial charge in [0.25, 0.3) is 5.54 Å². The smallest absolute Gasteiger partial charge is 0.252 e. The Labute approximate surface area is 185 Å². The molecule has 0 N–H and O–H groups in total. The van der Waals surface area contributed by atoms with Crippen LogP contribution in [-0.2, 0) is 12.6 Å². The van der Waals surface area contributed by atoms with Gasteiger partial charge in [-0.25, -0.2) is 15.5 Å². The zero-order valence-electron chi connectivity index (χ0n) is 18.8. The van der Waals surface area contributed by atoms with Crippen molar-refractivity contribution < 1.29 is 8.96 Å². The highest BCUT2D eigenvalue weighted by molar-refractivity contribution is 6.26. The molecule has 0 amide bonds. The van der Waals surface area contributed by atoms with Crippen molar-refractivity contribution >= 4 is 49.0 Å². The lowest BCUT2D eigenvalue weighted by Crippen LogP contribution is -2.29. The van der Waals surface area contributed by atoms with E-state index in [2.05, 4.69) is 65.2 Å². The summed E-state index contributed by atoms with van der Waals surface area (Å²) in [5.41, 5.74) is 7.11. The van der Waals surface area contributed by atoms with Crippen molar-refractivity contribution in [2.45, 2.75) is 33.2 Å². The van der Waals surface area contributed by atoms with Crippen molar-refractivity contribution in [1.29, 1.82) is 0 Å². The normalized spacial score (nSPS) is 12.7. The Balaban J connectivity index is 2.06. The highest BCUT2D eigenvalue weighted by Gasteiger charge is 2.30. The number of aromatic nitrogens is 2. The molecule has 6 rings (SSSR count). The molecular formula is C28H23FN3+.